The van der Waals surface area contributed by atoms with E-state index in [0.29, 0.717) is 16.5 Å². The highest BCUT2D eigenvalue weighted by molar-refractivity contribution is 9.09. The van der Waals surface area contributed by atoms with Gasteiger partial charge in [-0.2, -0.15) is 0 Å². The summed E-state index contributed by atoms with van der Waals surface area (Å²) < 4.78 is 22.6. The van der Waals surface area contributed by atoms with Gasteiger partial charge >= 0.3 is 0 Å². The second kappa shape index (κ2) is 5.67. The third-order valence-electron chi connectivity index (χ3n) is 3.60. The molecule has 0 radical (unpaired) electrons. The van der Waals surface area contributed by atoms with Crippen LogP contribution >= 0.6 is 15.9 Å². The lowest BCUT2D eigenvalue weighted by atomic mass is 9.94. The van der Waals surface area contributed by atoms with Gasteiger partial charge in [-0.15, -0.1) is 0 Å². The summed E-state index contributed by atoms with van der Waals surface area (Å²) in [5.74, 6) is 2.09. The Morgan fingerprint density at radius 2 is 2.00 bits per heavy atom. The smallest absolute Gasteiger partial charge is 0.150 e. The number of sulfone groups is 1. The van der Waals surface area contributed by atoms with E-state index in [9.17, 15) is 8.42 Å². The minimum Gasteiger partial charge on any atom is -0.229 e. The first-order valence-electron chi connectivity index (χ1n) is 5.80. The summed E-state index contributed by atoms with van der Waals surface area (Å²) in [5.41, 5.74) is 0. The van der Waals surface area contributed by atoms with Crippen molar-refractivity contribution in [2.24, 2.45) is 11.8 Å². The van der Waals surface area contributed by atoms with Gasteiger partial charge in [0.1, 0.15) is 9.84 Å². The Kier molecular flexibility index (Phi) is 5.10. The summed E-state index contributed by atoms with van der Waals surface area (Å²) in [5, 5.41) is 0. The summed E-state index contributed by atoms with van der Waals surface area (Å²) in [6.45, 7) is 3.99. The van der Waals surface area contributed by atoms with Gasteiger partial charge in [-0.05, 0) is 37.5 Å². The summed E-state index contributed by atoms with van der Waals surface area (Å²) >= 11 is 3.67. The van der Waals surface area contributed by atoms with Crippen LogP contribution in [0.4, 0.5) is 0 Å². The first kappa shape index (κ1) is 13.5. The van der Waals surface area contributed by atoms with E-state index < -0.39 is 9.84 Å². The molecule has 0 amide bonds. The number of hydrogen-bond donors (Lipinski definition) is 0. The van der Waals surface area contributed by atoms with Crippen molar-refractivity contribution >= 4 is 25.8 Å². The molecule has 0 saturated heterocycles. The first-order chi connectivity index (χ1) is 6.96. The lowest BCUT2D eigenvalue weighted by molar-refractivity contribution is 0.393. The van der Waals surface area contributed by atoms with Crippen LogP contribution < -0.4 is 0 Å². The molecule has 0 aromatic rings. The average Bonchev–Trinajstić information content (AvgIpc) is 2.49. The molecule has 0 aromatic heterocycles. The molecule has 1 aliphatic carbocycles. The maximum Gasteiger partial charge on any atom is 0.150 e. The molecule has 0 heterocycles. The van der Waals surface area contributed by atoms with Gasteiger partial charge in [0.15, 0.2) is 0 Å². The summed E-state index contributed by atoms with van der Waals surface area (Å²) in [6.07, 6.45) is 4.41. The highest BCUT2D eigenvalue weighted by Crippen LogP contribution is 2.38. The van der Waals surface area contributed by atoms with Crippen molar-refractivity contribution in [2.45, 2.75) is 44.4 Å². The molecular formula is C11H21BrO2S. The standard InChI is InChI=1S/C11H21BrO2S/c1-3-15(13,14)8-4-5-10-6-7-11(12)9(10)2/h9-11H,3-8H2,1-2H3. The van der Waals surface area contributed by atoms with Gasteiger partial charge in [0.2, 0.25) is 0 Å². The molecule has 90 valence electrons. The molecule has 3 unspecified atom stereocenters. The monoisotopic (exact) mass is 296 g/mol. The largest absolute Gasteiger partial charge is 0.229 e. The van der Waals surface area contributed by atoms with Crippen LogP contribution in [0, 0.1) is 11.8 Å². The number of halogens is 1. The molecule has 0 spiro atoms. The second-order valence-corrected chi connectivity index (χ2v) is 8.24. The zero-order valence-corrected chi connectivity index (χ0v) is 12.0. The van der Waals surface area contributed by atoms with Crippen LogP contribution in [0.2, 0.25) is 0 Å². The molecule has 0 bridgehead atoms. The summed E-state index contributed by atoms with van der Waals surface area (Å²) in [7, 11) is -2.75. The Morgan fingerprint density at radius 1 is 1.33 bits per heavy atom. The van der Waals surface area contributed by atoms with Gasteiger partial charge in [0, 0.05) is 10.6 Å². The zero-order chi connectivity index (χ0) is 11.5. The Hall–Kier alpha value is 0.430. The maximum absolute atomic E-state index is 11.3. The highest BCUT2D eigenvalue weighted by atomic mass is 79.9. The molecule has 15 heavy (non-hydrogen) atoms. The second-order valence-electron chi connectivity index (χ2n) is 4.59. The average molecular weight is 297 g/mol. The number of rotatable bonds is 5. The van der Waals surface area contributed by atoms with Crippen molar-refractivity contribution in [1.29, 1.82) is 0 Å². The lowest BCUT2D eigenvalue weighted by Crippen LogP contribution is -2.13. The molecule has 2 nitrogen and oxygen atoms in total. The van der Waals surface area contributed by atoms with Crippen molar-refractivity contribution in [1.82, 2.24) is 0 Å². The van der Waals surface area contributed by atoms with Crippen LogP contribution in [0.1, 0.15) is 39.5 Å². The third-order valence-corrected chi connectivity index (χ3v) is 6.68. The third kappa shape index (κ3) is 4.06. The van der Waals surface area contributed by atoms with Crippen LogP contribution in [-0.4, -0.2) is 24.8 Å². The van der Waals surface area contributed by atoms with Crippen molar-refractivity contribution in [2.75, 3.05) is 11.5 Å². The molecule has 1 rings (SSSR count). The maximum atomic E-state index is 11.3. The van der Waals surface area contributed by atoms with Crippen LogP contribution in [-0.2, 0) is 9.84 Å². The number of hydrogen-bond acceptors (Lipinski definition) is 2. The minimum absolute atomic E-state index is 0.286. The fourth-order valence-electron chi connectivity index (χ4n) is 2.31. The topological polar surface area (TPSA) is 34.1 Å². The first-order valence-corrected chi connectivity index (χ1v) is 8.54. The van der Waals surface area contributed by atoms with Crippen LogP contribution in [0.5, 0.6) is 0 Å². The predicted molar refractivity (Wildman–Crippen MR) is 68.2 cm³/mol. The highest BCUT2D eigenvalue weighted by Gasteiger charge is 2.30. The fourth-order valence-corrected chi connectivity index (χ4v) is 3.90. The van der Waals surface area contributed by atoms with Crippen LogP contribution in [0.25, 0.3) is 0 Å². The van der Waals surface area contributed by atoms with Crippen molar-refractivity contribution in [3.63, 3.8) is 0 Å². The quantitative estimate of drug-likeness (QED) is 0.731. The van der Waals surface area contributed by atoms with E-state index in [-0.39, 0.29) is 5.75 Å². The molecular weight excluding hydrogens is 276 g/mol. The molecule has 1 aliphatic rings. The molecule has 0 aromatic carbocycles. The molecule has 1 fully saturated rings. The minimum atomic E-state index is -2.75. The van der Waals surface area contributed by atoms with Crippen molar-refractivity contribution in [3.05, 3.63) is 0 Å². The predicted octanol–water partition coefficient (Wildman–Crippen LogP) is 3.01. The van der Waals surface area contributed by atoms with Gasteiger partial charge in [-0.3, -0.25) is 0 Å². The van der Waals surface area contributed by atoms with E-state index in [0.717, 1.165) is 18.8 Å². The summed E-state index contributed by atoms with van der Waals surface area (Å²) in [4.78, 5) is 0.644. The van der Waals surface area contributed by atoms with Gasteiger partial charge in [0.25, 0.3) is 0 Å². The van der Waals surface area contributed by atoms with E-state index >= 15 is 0 Å². The SMILES string of the molecule is CCS(=O)(=O)CCCC1CCC(Br)C1C. The van der Waals surface area contributed by atoms with E-state index in [4.69, 9.17) is 0 Å². The molecule has 0 aliphatic heterocycles. The lowest BCUT2D eigenvalue weighted by Gasteiger charge is -2.16. The van der Waals surface area contributed by atoms with Gasteiger partial charge in [-0.1, -0.05) is 29.8 Å². The van der Waals surface area contributed by atoms with Crippen molar-refractivity contribution < 1.29 is 8.42 Å². The van der Waals surface area contributed by atoms with E-state index in [1.165, 1.54) is 12.8 Å². The molecule has 0 N–H and O–H groups in total. The van der Waals surface area contributed by atoms with Gasteiger partial charge in [0.05, 0.1) is 5.75 Å². The molecule has 4 heteroatoms. The number of alkyl halides is 1. The van der Waals surface area contributed by atoms with Gasteiger partial charge < -0.3 is 0 Å². The van der Waals surface area contributed by atoms with E-state index in [2.05, 4.69) is 22.9 Å². The Bertz CT molecular complexity index is 287. The van der Waals surface area contributed by atoms with Crippen LogP contribution in [0.15, 0.2) is 0 Å². The van der Waals surface area contributed by atoms with Crippen molar-refractivity contribution in [3.8, 4) is 0 Å². The van der Waals surface area contributed by atoms with E-state index in [1.54, 1.807) is 6.92 Å². The fraction of sp³-hybridized carbons (Fsp3) is 1.00. The Labute approximate surface area is 102 Å². The molecule has 3 atom stereocenters. The Balaban J connectivity index is 2.27. The van der Waals surface area contributed by atoms with Gasteiger partial charge in [-0.25, -0.2) is 8.42 Å². The normalized spacial score (nSPS) is 32.1. The van der Waals surface area contributed by atoms with Crippen LogP contribution in [0.3, 0.4) is 0 Å². The summed E-state index contributed by atoms with van der Waals surface area (Å²) in [6, 6.07) is 0. The van der Waals surface area contributed by atoms with E-state index in [1.807, 2.05) is 0 Å². The Morgan fingerprint density at radius 3 is 2.47 bits per heavy atom. The zero-order valence-electron chi connectivity index (χ0n) is 9.58. The molecule has 1 saturated carbocycles.